The Bertz CT molecular complexity index is 1150. The molecule has 1 aliphatic carbocycles. The van der Waals surface area contributed by atoms with Gasteiger partial charge in [0.1, 0.15) is 17.2 Å². The number of urea groups is 1. The topological polar surface area (TPSA) is 92.4 Å². The predicted octanol–water partition coefficient (Wildman–Crippen LogP) is 5.02. The van der Waals surface area contributed by atoms with Crippen LogP contribution in [0.2, 0.25) is 5.02 Å². The van der Waals surface area contributed by atoms with Gasteiger partial charge in [-0.2, -0.15) is 0 Å². The molecule has 1 aliphatic rings. The van der Waals surface area contributed by atoms with E-state index in [4.69, 9.17) is 16.3 Å². The van der Waals surface area contributed by atoms with Crippen molar-refractivity contribution in [2.75, 3.05) is 17.7 Å². The lowest BCUT2D eigenvalue weighted by molar-refractivity contribution is 0.0958. The number of nitrogens with zero attached hydrogens (tertiary/aromatic N) is 1. The summed E-state index contributed by atoms with van der Waals surface area (Å²) in [6.07, 6.45) is 4.78. The Morgan fingerprint density at radius 2 is 1.77 bits per heavy atom. The number of amides is 3. The van der Waals surface area contributed by atoms with Crippen LogP contribution >= 0.6 is 11.6 Å². The number of fused-ring (bicyclic) bond motifs is 1. The summed E-state index contributed by atoms with van der Waals surface area (Å²) in [5, 5.41) is 8.42. The maximum absolute atomic E-state index is 12.4. The number of nitrogens with one attached hydrogen (secondary N) is 3. The number of aromatic nitrogens is 1. The van der Waals surface area contributed by atoms with E-state index in [0.29, 0.717) is 22.2 Å². The lowest BCUT2D eigenvalue weighted by atomic mass is 10.1. The lowest BCUT2D eigenvalue weighted by Gasteiger charge is -2.12. The lowest BCUT2D eigenvalue weighted by Crippen LogP contribution is -2.19. The Balaban J connectivity index is 1.40. The number of aryl methyl sites for hydroxylation is 2. The van der Waals surface area contributed by atoms with Crippen LogP contribution in [0.4, 0.5) is 16.2 Å². The van der Waals surface area contributed by atoms with Gasteiger partial charge >= 0.3 is 6.03 Å². The van der Waals surface area contributed by atoms with Crippen LogP contribution in [0, 0.1) is 0 Å². The third-order valence-electron chi connectivity index (χ3n) is 4.97. The highest BCUT2D eigenvalue weighted by Crippen LogP contribution is 2.30. The first-order chi connectivity index (χ1) is 15.0. The van der Waals surface area contributed by atoms with Gasteiger partial charge in [-0.15, -0.1) is 0 Å². The fraction of sp³-hybridized carbons (Fsp3) is 0.174. The molecule has 3 aromatic rings. The van der Waals surface area contributed by atoms with Gasteiger partial charge in [0.2, 0.25) is 0 Å². The van der Waals surface area contributed by atoms with Gasteiger partial charge in [0.25, 0.3) is 5.91 Å². The first-order valence-corrected chi connectivity index (χ1v) is 10.2. The monoisotopic (exact) mass is 436 g/mol. The van der Waals surface area contributed by atoms with Gasteiger partial charge in [-0.1, -0.05) is 17.7 Å². The summed E-state index contributed by atoms with van der Waals surface area (Å²) in [7, 11) is 1.53. The van der Waals surface area contributed by atoms with E-state index in [1.807, 2.05) is 12.1 Å². The Hall–Kier alpha value is -3.58. The molecule has 3 N–H and O–H groups in total. The molecule has 2 aromatic carbocycles. The molecule has 0 saturated carbocycles. The molecule has 0 radical (unpaired) electrons. The molecule has 0 spiro atoms. The third kappa shape index (κ3) is 4.95. The van der Waals surface area contributed by atoms with Crippen molar-refractivity contribution in [1.29, 1.82) is 0 Å². The number of ether oxygens (including phenoxy) is 1. The summed E-state index contributed by atoms with van der Waals surface area (Å²) >= 11 is 6.32. The molecule has 1 aromatic heterocycles. The number of hydrogen-bond donors (Lipinski definition) is 3. The summed E-state index contributed by atoms with van der Waals surface area (Å²) < 4.78 is 5.76. The zero-order chi connectivity index (χ0) is 21.8. The second kappa shape index (κ2) is 9.06. The number of benzene rings is 2. The van der Waals surface area contributed by atoms with E-state index in [9.17, 15) is 9.59 Å². The number of pyridine rings is 1. The molecule has 0 bridgehead atoms. The van der Waals surface area contributed by atoms with Crippen molar-refractivity contribution in [2.24, 2.45) is 0 Å². The summed E-state index contributed by atoms with van der Waals surface area (Å²) in [5.41, 5.74) is 4.08. The van der Waals surface area contributed by atoms with E-state index in [2.05, 4.69) is 27.0 Å². The molecule has 0 fully saturated rings. The van der Waals surface area contributed by atoms with Crippen molar-refractivity contribution in [1.82, 2.24) is 10.3 Å². The second-order valence-electron chi connectivity index (χ2n) is 7.12. The number of rotatable bonds is 5. The maximum Gasteiger partial charge on any atom is 0.323 e. The molecule has 0 unspecified atom stereocenters. The Kier molecular flexibility index (Phi) is 6.04. The molecule has 0 atom stereocenters. The highest BCUT2D eigenvalue weighted by molar-refractivity contribution is 6.34. The molecule has 158 valence electrons. The normalized spacial score (nSPS) is 12.1. The second-order valence-corrected chi connectivity index (χ2v) is 7.52. The standard InChI is InChI=1S/C23H21ClN4O3/c1-25-22(29)21-13-18(9-10-26-21)31-17-7-8-20(19(24)12-17)28-23(30)27-16-6-5-14-3-2-4-15(14)11-16/h5-13H,2-4H2,1H3,(H,25,29)(H2,27,28,30). The smallest absolute Gasteiger partial charge is 0.323 e. The fourth-order valence-corrected chi connectivity index (χ4v) is 3.68. The van der Waals surface area contributed by atoms with Crippen LogP contribution in [-0.2, 0) is 12.8 Å². The van der Waals surface area contributed by atoms with Gasteiger partial charge in [-0.3, -0.25) is 9.78 Å². The minimum Gasteiger partial charge on any atom is -0.457 e. The summed E-state index contributed by atoms with van der Waals surface area (Å²) in [4.78, 5) is 28.1. The summed E-state index contributed by atoms with van der Waals surface area (Å²) in [6.45, 7) is 0. The summed E-state index contributed by atoms with van der Waals surface area (Å²) in [6, 6.07) is 13.7. The van der Waals surface area contributed by atoms with E-state index >= 15 is 0 Å². The quantitative estimate of drug-likeness (QED) is 0.523. The minimum atomic E-state index is -0.377. The maximum atomic E-state index is 12.4. The van der Waals surface area contributed by atoms with Crippen LogP contribution in [-0.4, -0.2) is 24.0 Å². The average Bonchev–Trinajstić information content (AvgIpc) is 3.23. The van der Waals surface area contributed by atoms with Gasteiger partial charge < -0.3 is 20.7 Å². The van der Waals surface area contributed by atoms with Crippen LogP contribution in [0.3, 0.4) is 0 Å². The van der Waals surface area contributed by atoms with E-state index < -0.39 is 0 Å². The highest BCUT2D eigenvalue weighted by Gasteiger charge is 2.13. The first-order valence-electron chi connectivity index (χ1n) is 9.87. The molecule has 0 saturated heterocycles. The van der Waals surface area contributed by atoms with Crippen molar-refractivity contribution in [3.05, 3.63) is 76.6 Å². The highest BCUT2D eigenvalue weighted by atomic mass is 35.5. The predicted molar refractivity (Wildman–Crippen MR) is 120 cm³/mol. The van der Waals surface area contributed by atoms with Gasteiger partial charge in [0.15, 0.2) is 0 Å². The average molecular weight is 437 g/mol. The van der Waals surface area contributed by atoms with E-state index in [0.717, 1.165) is 24.9 Å². The van der Waals surface area contributed by atoms with E-state index in [1.165, 1.54) is 30.4 Å². The number of halogens is 1. The number of carbonyl (C=O) groups is 2. The van der Waals surface area contributed by atoms with Crippen molar-refractivity contribution < 1.29 is 14.3 Å². The molecule has 7 nitrogen and oxygen atoms in total. The van der Waals surface area contributed by atoms with E-state index in [1.54, 1.807) is 24.3 Å². The van der Waals surface area contributed by atoms with Crippen LogP contribution in [0.5, 0.6) is 11.5 Å². The molecule has 31 heavy (non-hydrogen) atoms. The zero-order valence-corrected chi connectivity index (χ0v) is 17.6. The van der Waals surface area contributed by atoms with Gasteiger partial charge in [0.05, 0.1) is 10.7 Å². The Morgan fingerprint density at radius 3 is 2.58 bits per heavy atom. The van der Waals surface area contributed by atoms with Crippen molar-refractivity contribution in [3.63, 3.8) is 0 Å². The van der Waals surface area contributed by atoms with Crippen LogP contribution in [0.15, 0.2) is 54.7 Å². The molecule has 3 amide bonds. The Morgan fingerprint density at radius 1 is 0.968 bits per heavy atom. The first kappa shape index (κ1) is 20.7. The zero-order valence-electron chi connectivity index (χ0n) is 16.9. The molecule has 0 aliphatic heterocycles. The number of anilines is 2. The number of hydrogen-bond acceptors (Lipinski definition) is 4. The summed E-state index contributed by atoms with van der Waals surface area (Å²) in [5.74, 6) is 0.598. The minimum absolute atomic E-state index is 0.243. The van der Waals surface area contributed by atoms with Crippen molar-refractivity contribution in [2.45, 2.75) is 19.3 Å². The third-order valence-corrected chi connectivity index (χ3v) is 5.28. The molecular formula is C23H21ClN4O3. The number of carbonyl (C=O) groups excluding carboxylic acids is 2. The van der Waals surface area contributed by atoms with E-state index in [-0.39, 0.29) is 17.6 Å². The van der Waals surface area contributed by atoms with Crippen LogP contribution in [0.25, 0.3) is 0 Å². The molecule has 4 rings (SSSR count). The van der Waals surface area contributed by atoms with Crippen LogP contribution < -0.4 is 20.7 Å². The van der Waals surface area contributed by atoms with Gasteiger partial charge in [-0.05, 0) is 60.7 Å². The SMILES string of the molecule is CNC(=O)c1cc(Oc2ccc(NC(=O)Nc3ccc4c(c3)CCC4)c(Cl)c2)ccn1. The largest absolute Gasteiger partial charge is 0.457 e. The molecule has 8 heteroatoms. The Labute approximate surface area is 184 Å². The van der Waals surface area contributed by atoms with Crippen molar-refractivity contribution >= 4 is 34.9 Å². The molecule has 1 heterocycles. The fourth-order valence-electron chi connectivity index (χ4n) is 3.46. The van der Waals surface area contributed by atoms with Gasteiger partial charge in [0, 0.05) is 31.1 Å². The van der Waals surface area contributed by atoms with Crippen LogP contribution in [0.1, 0.15) is 28.0 Å². The van der Waals surface area contributed by atoms with Crippen molar-refractivity contribution in [3.8, 4) is 11.5 Å². The van der Waals surface area contributed by atoms with Gasteiger partial charge in [-0.25, -0.2) is 4.79 Å². The molecular weight excluding hydrogens is 416 g/mol.